The lowest BCUT2D eigenvalue weighted by Crippen LogP contribution is -2.30. The van der Waals surface area contributed by atoms with Gasteiger partial charge in [0.1, 0.15) is 5.60 Å². The van der Waals surface area contributed by atoms with Crippen molar-refractivity contribution < 1.29 is 14.2 Å². The van der Waals surface area contributed by atoms with Gasteiger partial charge >= 0.3 is 0 Å². The predicted octanol–water partition coefficient (Wildman–Crippen LogP) is 1.04. The fraction of sp³-hybridized carbons (Fsp3) is 0.500. The summed E-state index contributed by atoms with van der Waals surface area (Å²) in [5, 5.41) is 0. The Hall–Kier alpha value is -0.240. The maximum absolute atomic E-state index is 10.9. The number of ketones is 1. The van der Waals surface area contributed by atoms with Gasteiger partial charge in [-0.05, 0) is 19.9 Å². The Morgan fingerprint density at radius 1 is 1.80 bits per heavy atom. The van der Waals surface area contributed by atoms with E-state index in [0.29, 0.717) is 0 Å². The van der Waals surface area contributed by atoms with Crippen LogP contribution in [-0.2, 0) is 9.32 Å². The molecule has 0 aromatic heterocycles. The molecule has 0 aliphatic carbocycles. The Balaban J connectivity index is 4.08. The lowest BCUT2D eigenvalue weighted by atomic mass is 10.0. The first kappa shape index (κ1) is 9.76. The molecule has 0 aromatic rings. The molecule has 4 heteroatoms. The molecule has 0 amide bonds. The van der Waals surface area contributed by atoms with Gasteiger partial charge in [0.25, 0.3) is 0 Å². The molecule has 0 fully saturated rings. The van der Waals surface area contributed by atoms with E-state index in [0.717, 1.165) is 0 Å². The monoisotopic (exact) mass is 162 g/mol. The minimum Gasteiger partial charge on any atom is -0.352 e. The summed E-state index contributed by atoms with van der Waals surface area (Å²) >= 11 is 0. The van der Waals surface area contributed by atoms with Gasteiger partial charge in [0.2, 0.25) is 0 Å². The van der Waals surface area contributed by atoms with Gasteiger partial charge in [-0.25, -0.2) is 0 Å². The number of carbonyl (C=O) groups is 1. The van der Waals surface area contributed by atoms with Crippen molar-refractivity contribution in [3.05, 3.63) is 12.7 Å². The summed E-state index contributed by atoms with van der Waals surface area (Å²) in [4.78, 5) is 19.2. The van der Waals surface area contributed by atoms with Crippen LogP contribution >= 0.6 is 9.03 Å². The van der Waals surface area contributed by atoms with Crippen molar-refractivity contribution in [2.45, 2.75) is 19.4 Å². The van der Waals surface area contributed by atoms with E-state index in [1.165, 1.54) is 6.08 Å². The standard InChI is InChI=1S/C6H11O3P/c1-4-5(7)6(2,3)9-10-8/h4,8,10H,1H2,2-3H3. The molecule has 3 nitrogen and oxygen atoms in total. The van der Waals surface area contributed by atoms with E-state index in [1.54, 1.807) is 13.8 Å². The van der Waals surface area contributed by atoms with Gasteiger partial charge in [0.05, 0.1) is 0 Å². The molecular weight excluding hydrogens is 151 g/mol. The second kappa shape index (κ2) is 3.81. The van der Waals surface area contributed by atoms with Gasteiger partial charge < -0.3 is 9.42 Å². The quantitative estimate of drug-likeness (QED) is 0.496. The molecule has 1 unspecified atom stereocenters. The summed E-state index contributed by atoms with van der Waals surface area (Å²) in [5.74, 6) is -0.228. The second-order valence-corrected chi connectivity index (χ2v) is 2.66. The number of rotatable bonds is 4. The third-order valence-corrected chi connectivity index (χ3v) is 1.68. The van der Waals surface area contributed by atoms with E-state index in [1.807, 2.05) is 0 Å². The molecular formula is C6H11O3P. The van der Waals surface area contributed by atoms with E-state index in [2.05, 4.69) is 6.58 Å². The number of hydrogen-bond donors (Lipinski definition) is 1. The lowest BCUT2D eigenvalue weighted by molar-refractivity contribution is -0.126. The maximum atomic E-state index is 10.9. The molecule has 1 N–H and O–H groups in total. The topological polar surface area (TPSA) is 46.5 Å². The SMILES string of the molecule is C=CC(=O)C(C)(C)OPO. The highest BCUT2D eigenvalue weighted by Gasteiger charge is 2.25. The molecule has 58 valence electrons. The van der Waals surface area contributed by atoms with Crippen molar-refractivity contribution in [3.8, 4) is 0 Å². The van der Waals surface area contributed by atoms with Crippen LogP contribution in [-0.4, -0.2) is 16.3 Å². The van der Waals surface area contributed by atoms with Gasteiger partial charge in [-0.2, -0.15) is 0 Å². The van der Waals surface area contributed by atoms with Crippen molar-refractivity contribution in [3.63, 3.8) is 0 Å². The van der Waals surface area contributed by atoms with E-state index in [4.69, 9.17) is 9.42 Å². The molecule has 0 radical (unpaired) electrons. The Kier molecular flexibility index (Phi) is 3.72. The molecule has 0 aliphatic heterocycles. The fourth-order valence-corrected chi connectivity index (χ4v) is 0.739. The minimum atomic E-state index is -0.936. The first-order valence-electron chi connectivity index (χ1n) is 2.78. The van der Waals surface area contributed by atoms with E-state index in [-0.39, 0.29) is 5.78 Å². The normalized spacial score (nSPS) is 12.3. The molecule has 0 heterocycles. The van der Waals surface area contributed by atoms with E-state index < -0.39 is 14.6 Å². The summed E-state index contributed by atoms with van der Waals surface area (Å²) in [6.07, 6.45) is 1.18. The molecule has 0 aliphatic rings. The highest BCUT2D eigenvalue weighted by Crippen LogP contribution is 2.20. The van der Waals surface area contributed by atoms with E-state index in [9.17, 15) is 4.79 Å². The Morgan fingerprint density at radius 3 is 2.60 bits per heavy atom. The van der Waals surface area contributed by atoms with Crippen LogP contribution in [0.2, 0.25) is 0 Å². The van der Waals surface area contributed by atoms with Gasteiger partial charge in [-0.3, -0.25) is 4.79 Å². The highest BCUT2D eigenvalue weighted by molar-refractivity contribution is 7.25. The predicted molar refractivity (Wildman–Crippen MR) is 40.9 cm³/mol. The first-order chi connectivity index (χ1) is 4.54. The Bertz CT molecular complexity index is 142. The largest absolute Gasteiger partial charge is 0.352 e. The average molecular weight is 162 g/mol. The highest BCUT2D eigenvalue weighted by atomic mass is 31.1. The van der Waals surface area contributed by atoms with Crippen molar-refractivity contribution >= 4 is 14.8 Å². The molecule has 0 spiro atoms. The van der Waals surface area contributed by atoms with Crippen LogP contribution in [0.4, 0.5) is 0 Å². The van der Waals surface area contributed by atoms with Gasteiger partial charge in [-0.15, -0.1) is 0 Å². The van der Waals surface area contributed by atoms with Crippen molar-refractivity contribution in [1.29, 1.82) is 0 Å². The number of hydrogen-bond acceptors (Lipinski definition) is 3. The zero-order valence-corrected chi connectivity index (χ0v) is 7.05. The molecule has 0 bridgehead atoms. The average Bonchev–Trinajstić information content (AvgIpc) is 1.86. The van der Waals surface area contributed by atoms with E-state index >= 15 is 0 Å². The summed E-state index contributed by atoms with van der Waals surface area (Å²) in [7, 11) is -0.664. The van der Waals surface area contributed by atoms with Crippen molar-refractivity contribution in [2.75, 3.05) is 0 Å². The summed E-state index contributed by atoms with van der Waals surface area (Å²) in [6, 6.07) is 0. The van der Waals surface area contributed by atoms with Gasteiger partial charge in [0.15, 0.2) is 14.8 Å². The molecule has 1 atom stereocenters. The lowest BCUT2D eigenvalue weighted by Gasteiger charge is -2.19. The van der Waals surface area contributed by atoms with Crippen LogP contribution in [0.25, 0.3) is 0 Å². The van der Waals surface area contributed by atoms with Crippen molar-refractivity contribution in [2.24, 2.45) is 0 Å². The van der Waals surface area contributed by atoms with Crippen LogP contribution in [0.15, 0.2) is 12.7 Å². The first-order valence-corrected chi connectivity index (χ1v) is 3.64. The third-order valence-electron chi connectivity index (χ3n) is 1.08. The third kappa shape index (κ3) is 2.56. The maximum Gasteiger partial charge on any atom is 0.186 e. The second-order valence-electron chi connectivity index (χ2n) is 2.27. The molecule has 10 heavy (non-hydrogen) atoms. The fourth-order valence-electron chi connectivity index (χ4n) is 0.410. The smallest absolute Gasteiger partial charge is 0.186 e. The summed E-state index contributed by atoms with van der Waals surface area (Å²) in [6.45, 7) is 6.47. The van der Waals surface area contributed by atoms with Crippen LogP contribution in [0, 0.1) is 0 Å². The summed E-state index contributed by atoms with van der Waals surface area (Å²) in [5.41, 5.74) is -0.936. The zero-order valence-electron chi connectivity index (χ0n) is 6.05. The van der Waals surface area contributed by atoms with Crippen LogP contribution in [0.3, 0.4) is 0 Å². The Morgan fingerprint density at radius 2 is 2.30 bits per heavy atom. The summed E-state index contributed by atoms with van der Waals surface area (Å²) < 4.78 is 4.74. The van der Waals surface area contributed by atoms with Crippen LogP contribution in [0.5, 0.6) is 0 Å². The Labute approximate surface area is 62.0 Å². The van der Waals surface area contributed by atoms with Gasteiger partial charge in [0, 0.05) is 0 Å². The zero-order chi connectivity index (χ0) is 8.20. The molecule has 0 rings (SSSR count). The van der Waals surface area contributed by atoms with Crippen LogP contribution < -0.4 is 0 Å². The van der Waals surface area contributed by atoms with Crippen LogP contribution in [0.1, 0.15) is 13.8 Å². The van der Waals surface area contributed by atoms with Gasteiger partial charge in [-0.1, -0.05) is 6.58 Å². The number of carbonyl (C=O) groups excluding carboxylic acids is 1. The minimum absolute atomic E-state index is 0.228. The molecule has 0 saturated carbocycles. The molecule has 0 saturated heterocycles. The molecule has 0 aromatic carbocycles. The van der Waals surface area contributed by atoms with Crippen molar-refractivity contribution in [1.82, 2.24) is 0 Å².